The quantitative estimate of drug-likeness (QED) is 0.0658. The van der Waals surface area contributed by atoms with Crippen LogP contribution in [-0.2, 0) is 56.8 Å². The lowest BCUT2D eigenvalue weighted by atomic mass is 9.35. The van der Waals surface area contributed by atoms with Gasteiger partial charge in [-0.05, 0) is 100 Å². The second kappa shape index (κ2) is 23.4. The lowest BCUT2D eigenvalue weighted by Gasteiger charge is -2.70. The summed E-state index contributed by atoms with van der Waals surface area (Å²) in [6, 6.07) is 0. The van der Waals surface area contributed by atoms with Crippen LogP contribution < -0.4 is 0 Å². The van der Waals surface area contributed by atoms with Crippen LogP contribution in [0, 0.1) is 45.3 Å². The summed E-state index contributed by atoms with van der Waals surface area (Å²) in [5.74, 6) is -0.440. The van der Waals surface area contributed by atoms with Gasteiger partial charge in [0.05, 0.1) is 56.9 Å². The molecule has 0 aromatic heterocycles. The molecule has 7 heterocycles. The number of aliphatic hydroxyl groups is 14. The van der Waals surface area contributed by atoms with Crippen molar-refractivity contribution in [3.8, 4) is 0 Å². The highest BCUT2D eigenvalue weighted by atomic mass is 16.8. The van der Waals surface area contributed by atoms with Gasteiger partial charge in [-0.25, -0.2) is 0 Å². The Kier molecular flexibility index (Phi) is 17.9. The van der Waals surface area contributed by atoms with E-state index in [2.05, 4.69) is 33.8 Å². The Morgan fingerprint density at radius 1 is 0.583 bits per heavy atom. The molecule has 0 amide bonds. The Bertz CT molecular complexity index is 2330. The second-order valence-electron chi connectivity index (χ2n) is 28.2. The Balaban J connectivity index is 0.870. The molecule has 11 aliphatic rings. The monoisotopic (exact) mass is 1210 g/mol. The fourth-order valence-corrected chi connectivity index (χ4v) is 18.3. The molecule has 2 bridgehead atoms. The molecule has 14 N–H and O–H groups in total. The van der Waals surface area contributed by atoms with Crippen LogP contribution in [0.5, 0.6) is 0 Å². The molecule has 26 nitrogen and oxygen atoms in total. The zero-order chi connectivity index (χ0) is 60.7. The zero-order valence-corrected chi connectivity index (χ0v) is 49.2. The van der Waals surface area contributed by atoms with E-state index in [0.29, 0.717) is 19.4 Å². The standard InChI is InChI=1S/C58H94O26/c1-23(2)15-25-16-56(8,72)47-26-9-10-32-54(6)13-12-33(53(4,5)31(54)11-14-55(32,7)57(26)21-58(47,84-25)76-22-57)80-51-46(83-50-43(71)38(66)34(62)24(3)77-50)44(28(61)19-74-51)81-52-45(82-49-41(69)35(63)27(60)18-73-49)40(68)37(65)30(79-52)20-75-48-42(70)39(67)36(64)29(17-59)78-48/h15,24-52,59-72H,9-14,16-22H2,1-8H3/t24-,25?,26?,27+,28+,29+,30+,31?,32?,33?,34-,35-,36+,37+,38+,39-,40-,41+,42+,43+,44-,45+,46+,47?,48+,49-,50-,51-,52-,54-,55?,56?,57?,58?/m0/s1. The molecule has 11 fully saturated rings. The van der Waals surface area contributed by atoms with Gasteiger partial charge in [0.2, 0.25) is 0 Å². The number of rotatable bonds is 13. The molecule has 0 aromatic rings. The van der Waals surface area contributed by atoms with E-state index in [4.69, 9.17) is 56.8 Å². The van der Waals surface area contributed by atoms with Gasteiger partial charge < -0.3 is 128 Å². The first-order valence-corrected chi connectivity index (χ1v) is 30.3. The number of hydrogen-bond donors (Lipinski definition) is 14. The molecule has 7 aliphatic heterocycles. The van der Waals surface area contributed by atoms with Gasteiger partial charge in [-0.3, -0.25) is 0 Å². The average molecular weight is 1210 g/mol. The maximum atomic E-state index is 12.3. The molecule has 482 valence electrons. The summed E-state index contributed by atoms with van der Waals surface area (Å²) in [5, 5.41) is 154. The van der Waals surface area contributed by atoms with Crippen molar-refractivity contribution in [2.24, 2.45) is 45.3 Å². The number of hydrogen-bond acceptors (Lipinski definition) is 26. The van der Waals surface area contributed by atoms with Crippen LogP contribution in [0.15, 0.2) is 11.6 Å². The first-order chi connectivity index (χ1) is 39.4. The topological polar surface area (TPSA) is 394 Å². The molecule has 4 saturated carbocycles. The Morgan fingerprint density at radius 3 is 1.93 bits per heavy atom. The molecule has 11 rings (SSSR count). The average Bonchev–Trinajstić information content (AvgIpc) is 1.44. The van der Waals surface area contributed by atoms with Gasteiger partial charge in [0, 0.05) is 24.2 Å². The number of aliphatic hydroxyl groups excluding tert-OH is 13. The van der Waals surface area contributed by atoms with Crippen LogP contribution in [0.4, 0.5) is 0 Å². The minimum Gasteiger partial charge on any atom is -0.394 e. The fraction of sp³-hybridized carbons (Fsp3) is 0.966. The van der Waals surface area contributed by atoms with E-state index in [-0.39, 0.29) is 46.0 Å². The predicted molar refractivity (Wildman–Crippen MR) is 283 cm³/mol. The Hall–Kier alpha value is -1.30. The smallest absolute Gasteiger partial charge is 0.187 e. The third-order valence-electron chi connectivity index (χ3n) is 22.5. The molecule has 10 unspecified atom stereocenters. The summed E-state index contributed by atoms with van der Waals surface area (Å²) in [7, 11) is 0. The van der Waals surface area contributed by atoms with Crippen LogP contribution in [0.3, 0.4) is 0 Å². The summed E-state index contributed by atoms with van der Waals surface area (Å²) in [6.45, 7) is 14.8. The summed E-state index contributed by atoms with van der Waals surface area (Å²) in [5.41, 5.74) is -0.980. The highest BCUT2D eigenvalue weighted by molar-refractivity contribution is 5.27. The number of fused-ring (bicyclic) bond motifs is 4. The molecule has 7 saturated heterocycles. The van der Waals surface area contributed by atoms with Gasteiger partial charge in [0.25, 0.3) is 0 Å². The first-order valence-electron chi connectivity index (χ1n) is 30.3. The van der Waals surface area contributed by atoms with E-state index in [1.807, 2.05) is 20.8 Å². The van der Waals surface area contributed by atoms with Gasteiger partial charge in [0.15, 0.2) is 37.2 Å². The minimum absolute atomic E-state index is 0.110. The third-order valence-corrected chi connectivity index (χ3v) is 22.5. The molecule has 0 radical (unpaired) electrons. The molecular formula is C58H94O26. The zero-order valence-electron chi connectivity index (χ0n) is 49.2. The van der Waals surface area contributed by atoms with Gasteiger partial charge in [-0.1, -0.05) is 39.3 Å². The van der Waals surface area contributed by atoms with Crippen LogP contribution >= 0.6 is 0 Å². The Labute approximate surface area is 488 Å². The number of ether oxygens (including phenoxy) is 12. The van der Waals surface area contributed by atoms with Crippen molar-refractivity contribution in [1.82, 2.24) is 0 Å². The molecule has 2 spiro atoms. The molecule has 84 heavy (non-hydrogen) atoms. The summed E-state index contributed by atoms with van der Waals surface area (Å²) < 4.78 is 75.5. The Morgan fingerprint density at radius 2 is 1.21 bits per heavy atom. The third kappa shape index (κ3) is 10.5. The van der Waals surface area contributed by atoms with Crippen molar-refractivity contribution in [2.75, 3.05) is 33.0 Å². The molecule has 34 atom stereocenters. The summed E-state index contributed by atoms with van der Waals surface area (Å²) >= 11 is 0. The van der Waals surface area contributed by atoms with Crippen molar-refractivity contribution < 1.29 is 128 Å². The van der Waals surface area contributed by atoms with Gasteiger partial charge in [0.1, 0.15) is 104 Å². The predicted octanol–water partition coefficient (Wildman–Crippen LogP) is -2.72. The SMILES string of the molecule is CC(C)=CC1CC(C)(O)C2C3CCC4C(C)(CCC5C(C)(C)C(O[C@@H]6OC[C@@H](O)[C@H](O[C@@H]7O[C@H](CO[C@@H]8O[C@H](CO)[C@@H](O)[C@H](O)[C@H]8O)[C@@H](O)[C@H](O)[C@H]7O[C@@H]7OC[C@@H](O)[C@H](O)[C@H]7O)[C@H]6O[C@@H]6O[C@@H](C)[C@H](O)[C@@H](O)[C@H]6O)CC[C@@]54C)C34COC2(C4)O1. The van der Waals surface area contributed by atoms with Crippen molar-refractivity contribution in [3.63, 3.8) is 0 Å². The minimum atomic E-state index is -2.04. The van der Waals surface area contributed by atoms with E-state index in [9.17, 15) is 71.5 Å². The molecular weight excluding hydrogens is 1110 g/mol. The van der Waals surface area contributed by atoms with Gasteiger partial charge in [-0.2, -0.15) is 0 Å². The van der Waals surface area contributed by atoms with Gasteiger partial charge >= 0.3 is 0 Å². The molecule has 0 aromatic carbocycles. The van der Waals surface area contributed by atoms with Crippen LogP contribution in [0.2, 0.25) is 0 Å². The normalized spacial score (nSPS) is 57.1. The van der Waals surface area contributed by atoms with E-state index in [1.54, 1.807) is 0 Å². The van der Waals surface area contributed by atoms with Crippen molar-refractivity contribution in [3.05, 3.63) is 11.6 Å². The maximum absolute atomic E-state index is 12.3. The fourth-order valence-electron chi connectivity index (χ4n) is 18.3. The van der Waals surface area contributed by atoms with Crippen LogP contribution in [0.25, 0.3) is 0 Å². The summed E-state index contributed by atoms with van der Waals surface area (Å²) in [6.07, 6.45) is -31.8. The van der Waals surface area contributed by atoms with Crippen molar-refractivity contribution in [2.45, 2.75) is 272 Å². The lowest BCUT2D eigenvalue weighted by molar-refractivity contribution is -0.401. The number of allylic oxidation sites excluding steroid dienone is 1. The lowest BCUT2D eigenvalue weighted by Crippen LogP contribution is -2.68. The van der Waals surface area contributed by atoms with Crippen LogP contribution in [0.1, 0.15) is 107 Å². The van der Waals surface area contributed by atoms with E-state index in [1.165, 1.54) is 6.92 Å². The van der Waals surface area contributed by atoms with Gasteiger partial charge in [-0.15, -0.1) is 0 Å². The van der Waals surface area contributed by atoms with Crippen molar-refractivity contribution >= 4 is 0 Å². The molecule has 4 aliphatic carbocycles. The maximum Gasteiger partial charge on any atom is 0.187 e. The first kappa shape index (κ1) is 64.2. The van der Waals surface area contributed by atoms with E-state index < -0.39 is 191 Å². The highest BCUT2D eigenvalue weighted by Crippen LogP contribution is 2.80. The van der Waals surface area contributed by atoms with E-state index in [0.717, 1.165) is 44.1 Å². The molecule has 26 heteroatoms. The second-order valence-corrected chi connectivity index (χ2v) is 28.2. The largest absolute Gasteiger partial charge is 0.394 e. The highest BCUT2D eigenvalue weighted by Gasteiger charge is 2.81. The van der Waals surface area contributed by atoms with Crippen LogP contribution in [-0.4, -0.2) is 269 Å². The van der Waals surface area contributed by atoms with E-state index >= 15 is 0 Å². The van der Waals surface area contributed by atoms with Crippen molar-refractivity contribution in [1.29, 1.82) is 0 Å². The summed E-state index contributed by atoms with van der Waals surface area (Å²) in [4.78, 5) is 0.